The van der Waals surface area contributed by atoms with Crippen LogP contribution in [0.25, 0.3) is 0 Å². The third-order valence-corrected chi connectivity index (χ3v) is 8.86. The van der Waals surface area contributed by atoms with Gasteiger partial charge in [0.25, 0.3) is 5.91 Å². The summed E-state index contributed by atoms with van der Waals surface area (Å²) in [4.78, 5) is 74.7. The molecule has 0 aromatic carbocycles. The highest BCUT2D eigenvalue weighted by Gasteiger charge is 2.42. The van der Waals surface area contributed by atoms with Gasteiger partial charge in [0.1, 0.15) is 18.4 Å². The average molecular weight is 636 g/mol. The lowest BCUT2D eigenvalue weighted by atomic mass is 9.83. The van der Waals surface area contributed by atoms with Gasteiger partial charge in [0.15, 0.2) is 0 Å². The largest absolute Gasteiger partial charge is 0.379 e. The van der Waals surface area contributed by atoms with Gasteiger partial charge in [0.2, 0.25) is 17.6 Å². The second-order valence-electron chi connectivity index (χ2n) is 13.6. The van der Waals surface area contributed by atoms with E-state index in [1.165, 1.54) is 37.0 Å². The van der Waals surface area contributed by atoms with Gasteiger partial charge >= 0.3 is 6.03 Å². The molecule has 12 heteroatoms. The van der Waals surface area contributed by atoms with Crippen molar-refractivity contribution in [1.82, 2.24) is 20.9 Å². The monoisotopic (exact) mass is 635 g/mol. The van der Waals surface area contributed by atoms with Crippen LogP contribution >= 0.6 is 0 Å². The molecule has 1 saturated heterocycles. The number of hydrogen-bond acceptors (Lipinski definition) is 7. The van der Waals surface area contributed by atoms with Gasteiger partial charge in [0.05, 0.1) is 18.2 Å². The van der Waals surface area contributed by atoms with E-state index in [4.69, 9.17) is 10.5 Å². The van der Waals surface area contributed by atoms with Crippen molar-refractivity contribution in [1.29, 1.82) is 0 Å². The van der Waals surface area contributed by atoms with Gasteiger partial charge in [-0.1, -0.05) is 64.2 Å². The first kappa shape index (κ1) is 38.2. The SMILES string of the molecule is C1CCCC1.COC(C)(C)C.NC(=O)C(=O)C(CC1CC1)NC(=O)[C@@H]1CCCN1C(=O)C(NC(=O)NCC=O)C1CCCCC1. The molecule has 5 N–H and O–H groups in total. The first-order chi connectivity index (χ1) is 21.4. The normalized spacial score (nSPS) is 21.2. The lowest BCUT2D eigenvalue weighted by molar-refractivity contribution is -0.143. The zero-order chi connectivity index (χ0) is 33.4. The van der Waals surface area contributed by atoms with Gasteiger partial charge in [0, 0.05) is 13.7 Å². The summed E-state index contributed by atoms with van der Waals surface area (Å²) < 4.78 is 4.94. The van der Waals surface area contributed by atoms with E-state index in [-0.39, 0.29) is 29.9 Å². The Morgan fingerprint density at radius 3 is 1.91 bits per heavy atom. The number of ether oxygens (including phenoxy) is 1. The van der Waals surface area contributed by atoms with Crippen molar-refractivity contribution >= 4 is 35.8 Å². The fraction of sp³-hybridized carbons (Fsp3) is 0.818. The van der Waals surface area contributed by atoms with Gasteiger partial charge in [-0.2, -0.15) is 0 Å². The Kier molecular flexibility index (Phi) is 16.5. The molecule has 2 unspecified atom stereocenters. The first-order valence-corrected chi connectivity index (χ1v) is 16.9. The number of amides is 5. The summed E-state index contributed by atoms with van der Waals surface area (Å²) in [5.74, 6) is -2.53. The van der Waals surface area contributed by atoms with Crippen LogP contribution in [0.4, 0.5) is 4.79 Å². The zero-order valence-electron chi connectivity index (χ0n) is 27.9. The maximum absolute atomic E-state index is 13.6. The van der Waals surface area contributed by atoms with E-state index in [2.05, 4.69) is 16.0 Å². The number of carbonyl (C=O) groups excluding carboxylic acids is 6. The van der Waals surface area contributed by atoms with Gasteiger partial charge in [-0.05, 0) is 64.7 Å². The summed E-state index contributed by atoms with van der Waals surface area (Å²) in [7, 11) is 1.71. The van der Waals surface area contributed by atoms with Crippen molar-refractivity contribution in [2.24, 2.45) is 17.6 Å². The molecule has 3 saturated carbocycles. The fourth-order valence-electron chi connectivity index (χ4n) is 5.90. The Labute approximate surface area is 268 Å². The van der Waals surface area contributed by atoms with Gasteiger partial charge in [-0.15, -0.1) is 0 Å². The van der Waals surface area contributed by atoms with Crippen molar-refractivity contribution < 1.29 is 33.5 Å². The number of nitrogens with zero attached hydrogens (tertiary/aromatic N) is 1. The molecule has 4 aliphatic rings. The number of likely N-dealkylation sites (tertiary alicyclic amines) is 1. The molecule has 12 nitrogen and oxygen atoms in total. The number of nitrogens with two attached hydrogens (primary N) is 1. The highest BCUT2D eigenvalue weighted by molar-refractivity contribution is 6.37. The Morgan fingerprint density at radius 1 is 0.867 bits per heavy atom. The molecule has 0 radical (unpaired) electrons. The van der Waals surface area contributed by atoms with E-state index < -0.39 is 41.8 Å². The maximum atomic E-state index is 13.6. The molecule has 0 aromatic rings. The van der Waals surface area contributed by atoms with Crippen LogP contribution in [0.3, 0.4) is 0 Å². The molecule has 5 amide bonds. The molecule has 1 aliphatic heterocycles. The molecule has 256 valence electrons. The van der Waals surface area contributed by atoms with Crippen molar-refractivity contribution in [2.45, 2.75) is 141 Å². The zero-order valence-corrected chi connectivity index (χ0v) is 27.9. The highest BCUT2D eigenvalue weighted by atomic mass is 16.5. The summed E-state index contributed by atoms with van der Waals surface area (Å²) >= 11 is 0. The van der Waals surface area contributed by atoms with Crippen LogP contribution < -0.4 is 21.7 Å². The van der Waals surface area contributed by atoms with Crippen LogP contribution in [-0.2, 0) is 28.7 Å². The van der Waals surface area contributed by atoms with Crippen LogP contribution in [0.1, 0.15) is 117 Å². The number of nitrogens with one attached hydrogen (secondary N) is 3. The lowest BCUT2D eigenvalue weighted by Gasteiger charge is -2.34. The molecule has 0 spiro atoms. The Bertz CT molecular complexity index is 977. The summed E-state index contributed by atoms with van der Waals surface area (Å²) in [5, 5.41) is 7.79. The summed E-state index contributed by atoms with van der Waals surface area (Å²) in [6.45, 7) is 6.25. The number of urea groups is 1. The Hall–Kier alpha value is -3.02. The van der Waals surface area contributed by atoms with E-state index in [9.17, 15) is 28.8 Å². The van der Waals surface area contributed by atoms with Crippen molar-refractivity contribution in [2.75, 3.05) is 20.2 Å². The minimum atomic E-state index is -1.09. The predicted molar refractivity (Wildman–Crippen MR) is 171 cm³/mol. The minimum absolute atomic E-state index is 0.0417. The summed E-state index contributed by atoms with van der Waals surface area (Å²) in [6.07, 6.45) is 15.9. The Morgan fingerprint density at radius 2 is 1.42 bits per heavy atom. The molecule has 3 atom stereocenters. The molecule has 4 rings (SSSR count). The fourth-order valence-corrected chi connectivity index (χ4v) is 5.90. The number of rotatable bonds is 11. The smallest absolute Gasteiger partial charge is 0.315 e. The number of hydrogen-bond donors (Lipinski definition) is 4. The second-order valence-corrected chi connectivity index (χ2v) is 13.6. The van der Waals surface area contributed by atoms with E-state index >= 15 is 0 Å². The van der Waals surface area contributed by atoms with Crippen molar-refractivity contribution in [3.63, 3.8) is 0 Å². The predicted octanol–water partition coefficient (Wildman–Crippen LogP) is 3.15. The number of aldehydes is 1. The van der Waals surface area contributed by atoms with E-state index in [0.717, 1.165) is 44.9 Å². The molecule has 4 fully saturated rings. The number of carbonyl (C=O) groups is 6. The molecular formula is C33H57N5O7. The van der Waals surface area contributed by atoms with Gasteiger partial charge in [-0.3, -0.25) is 19.2 Å². The highest BCUT2D eigenvalue weighted by Crippen LogP contribution is 2.34. The van der Waals surface area contributed by atoms with E-state index in [0.29, 0.717) is 32.1 Å². The minimum Gasteiger partial charge on any atom is -0.379 e. The second kappa shape index (κ2) is 19.5. The lowest BCUT2D eigenvalue weighted by Crippen LogP contribution is -2.58. The number of methoxy groups -OCH3 is 1. The van der Waals surface area contributed by atoms with Gasteiger partial charge in [-0.25, -0.2) is 4.79 Å². The van der Waals surface area contributed by atoms with E-state index in [1.54, 1.807) is 7.11 Å². The molecule has 3 aliphatic carbocycles. The maximum Gasteiger partial charge on any atom is 0.315 e. The number of Topliss-reactive ketones (excluding diaryl/α,β-unsaturated/α-hetero) is 1. The quantitative estimate of drug-likeness (QED) is 0.199. The van der Waals surface area contributed by atoms with Gasteiger partial charge < -0.3 is 36.1 Å². The molecule has 45 heavy (non-hydrogen) atoms. The topological polar surface area (TPSA) is 177 Å². The van der Waals surface area contributed by atoms with E-state index in [1.807, 2.05) is 20.8 Å². The van der Waals surface area contributed by atoms with Crippen molar-refractivity contribution in [3.8, 4) is 0 Å². The number of primary amides is 1. The van der Waals surface area contributed by atoms with Crippen LogP contribution in [0.2, 0.25) is 0 Å². The summed E-state index contributed by atoms with van der Waals surface area (Å²) in [5.41, 5.74) is 5.21. The molecule has 0 aromatic heterocycles. The van der Waals surface area contributed by atoms with Crippen LogP contribution in [0.5, 0.6) is 0 Å². The molecular weight excluding hydrogens is 578 g/mol. The Balaban J connectivity index is 0.000000541. The molecule has 0 bridgehead atoms. The first-order valence-electron chi connectivity index (χ1n) is 16.9. The third-order valence-electron chi connectivity index (χ3n) is 8.86. The van der Waals surface area contributed by atoms with Crippen LogP contribution in [0.15, 0.2) is 0 Å². The van der Waals surface area contributed by atoms with Crippen molar-refractivity contribution in [3.05, 3.63) is 0 Å². The van der Waals surface area contributed by atoms with Crippen LogP contribution in [0, 0.1) is 11.8 Å². The number of ketones is 1. The third kappa shape index (κ3) is 14.3. The standard InChI is InChI=1S/C23H35N5O6.C5H12O.C5H10/c24-20(31)19(30)16(13-14-8-9-14)26-21(32)17-7-4-11-28(17)22(33)18(15-5-2-1-3-6-15)27-23(34)25-10-12-29;1-5(2,3)6-4;1-2-4-5-3-1/h12,14-18H,1-11,13H2,(H2,24,31)(H,26,32)(H2,25,27,34);1-4H3;1-5H2/t16?,17-,18?;;/m0../s1. The average Bonchev–Trinajstić information content (AvgIpc) is 3.41. The van der Waals surface area contributed by atoms with Crippen LogP contribution in [-0.4, -0.2) is 84.6 Å². The summed E-state index contributed by atoms with van der Waals surface area (Å²) in [6, 6.07) is -3.19. The molecule has 1 heterocycles.